The highest BCUT2D eigenvalue weighted by molar-refractivity contribution is 5.83. The summed E-state index contributed by atoms with van der Waals surface area (Å²) >= 11 is 0. The molecule has 414 valence electrons. The van der Waals surface area contributed by atoms with Crippen LogP contribution in [0.2, 0.25) is 0 Å². The van der Waals surface area contributed by atoms with E-state index in [1.54, 1.807) is 12.1 Å². The highest BCUT2D eigenvalue weighted by Crippen LogP contribution is 2.23. The zero-order valence-corrected chi connectivity index (χ0v) is 50.4. The van der Waals surface area contributed by atoms with E-state index in [2.05, 4.69) is 285 Å². The number of ether oxygens (including phenoxy) is 1. The molecule has 10 aromatic carbocycles. The van der Waals surface area contributed by atoms with Gasteiger partial charge in [-0.25, -0.2) is 0 Å². The van der Waals surface area contributed by atoms with Gasteiger partial charge in [0.2, 0.25) is 0 Å². The predicted octanol–water partition coefficient (Wildman–Crippen LogP) is 23.2. The van der Waals surface area contributed by atoms with Gasteiger partial charge in [-0.05, 0) is 120 Å². The van der Waals surface area contributed by atoms with Crippen molar-refractivity contribution in [2.24, 2.45) is 11.8 Å². The fraction of sp³-hybridized carbons (Fsp3) is 0.273. The molecule has 0 aromatic heterocycles. The summed E-state index contributed by atoms with van der Waals surface area (Å²) in [6.07, 6.45) is 0. The summed E-state index contributed by atoms with van der Waals surface area (Å²) in [6.45, 7) is 31.1. The maximum absolute atomic E-state index is 8.94. The summed E-state index contributed by atoms with van der Waals surface area (Å²) in [7, 11) is 0. The Kier molecular flexibility index (Phi) is 31.5. The van der Waals surface area contributed by atoms with Gasteiger partial charge in [0.25, 0.3) is 0 Å². The first kappa shape index (κ1) is 65.6. The molecule has 0 saturated heterocycles. The van der Waals surface area contributed by atoms with Crippen molar-refractivity contribution in [3.8, 4) is 22.6 Å². The largest absolute Gasteiger partial charge is 0.508 e. The molecule has 0 aliphatic carbocycles. The summed E-state index contributed by atoms with van der Waals surface area (Å²) in [5, 5.41) is 14.2. The Balaban J connectivity index is 0.000000245. The van der Waals surface area contributed by atoms with Gasteiger partial charge < -0.3 is 9.84 Å². The van der Waals surface area contributed by atoms with Gasteiger partial charge in [-0.1, -0.05) is 334 Å². The SMILES string of the molecule is CC(C)C.CC(C)C.CC(C)c1ccc(O)cc1.CC(C)c1ccc(OCc2ccccc2)cc1.CC(C)c1ccc2ccccc2c1.CC(C)c1ccccc1.c1ccc(-c2ccccc2)cc1.c1ccc2ccccc2c1. The van der Waals surface area contributed by atoms with E-state index in [0.29, 0.717) is 36.0 Å². The van der Waals surface area contributed by atoms with Crippen LogP contribution in [-0.2, 0) is 6.61 Å². The van der Waals surface area contributed by atoms with Crippen LogP contribution in [0.25, 0.3) is 32.7 Å². The highest BCUT2D eigenvalue weighted by atomic mass is 16.5. The van der Waals surface area contributed by atoms with Gasteiger partial charge in [0.1, 0.15) is 18.1 Å². The molecule has 0 spiro atoms. The Bertz CT molecular complexity index is 2930. The number of hydrogen-bond donors (Lipinski definition) is 1. The predicted molar refractivity (Wildman–Crippen MR) is 349 cm³/mol. The molecule has 2 nitrogen and oxygen atoms in total. The van der Waals surface area contributed by atoms with E-state index in [1.807, 2.05) is 60.7 Å². The lowest BCUT2D eigenvalue weighted by Crippen LogP contribution is -1.95. The topological polar surface area (TPSA) is 29.5 Å². The molecule has 0 fully saturated rings. The van der Waals surface area contributed by atoms with Crippen molar-refractivity contribution >= 4 is 21.5 Å². The molecule has 0 unspecified atom stereocenters. The van der Waals surface area contributed by atoms with Gasteiger partial charge in [0, 0.05) is 0 Å². The maximum Gasteiger partial charge on any atom is 0.119 e. The van der Waals surface area contributed by atoms with Crippen molar-refractivity contribution in [3.63, 3.8) is 0 Å². The third kappa shape index (κ3) is 28.5. The smallest absolute Gasteiger partial charge is 0.119 e. The molecular weight excluding hydrogens is 957 g/mol. The third-order valence-corrected chi connectivity index (χ3v) is 11.8. The number of phenols is 1. The van der Waals surface area contributed by atoms with Gasteiger partial charge in [-0.3, -0.25) is 0 Å². The molecule has 0 amide bonds. The van der Waals surface area contributed by atoms with Crippen molar-refractivity contribution in [1.29, 1.82) is 0 Å². The fourth-order valence-corrected chi connectivity index (χ4v) is 7.35. The third-order valence-electron chi connectivity index (χ3n) is 11.8. The summed E-state index contributed by atoms with van der Waals surface area (Å²) in [5.74, 6) is 5.32. The molecule has 0 saturated carbocycles. The quantitative estimate of drug-likeness (QED) is 0.164. The zero-order valence-electron chi connectivity index (χ0n) is 50.4. The second-order valence-corrected chi connectivity index (χ2v) is 22.1. The second kappa shape index (κ2) is 38.0. The number of hydrogen-bond acceptors (Lipinski definition) is 2. The molecule has 0 heterocycles. The zero-order chi connectivity index (χ0) is 57.8. The lowest BCUT2D eigenvalue weighted by Gasteiger charge is -2.08. The first-order valence-electron chi connectivity index (χ1n) is 28.6. The molecular formula is C77H94O2. The molecule has 10 rings (SSSR count). The summed E-state index contributed by atoms with van der Waals surface area (Å²) in [6, 6.07) is 89.1. The number of fused-ring (bicyclic) bond motifs is 2. The van der Waals surface area contributed by atoms with Crippen LogP contribution in [0.3, 0.4) is 0 Å². The Labute approximate surface area is 479 Å². The van der Waals surface area contributed by atoms with Crippen molar-refractivity contribution in [1.82, 2.24) is 0 Å². The first-order chi connectivity index (χ1) is 37.9. The van der Waals surface area contributed by atoms with Crippen LogP contribution < -0.4 is 4.74 Å². The molecule has 79 heavy (non-hydrogen) atoms. The van der Waals surface area contributed by atoms with Gasteiger partial charge in [-0.2, -0.15) is 0 Å². The van der Waals surface area contributed by atoms with E-state index < -0.39 is 0 Å². The average molecular weight is 1050 g/mol. The fourth-order valence-electron chi connectivity index (χ4n) is 7.35. The molecule has 0 aliphatic rings. The summed E-state index contributed by atoms with van der Waals surface area (Å²) < 4.78 is 5.73. The molecule has 0 bridgehead atoms. The Morgan fingerprint density at radius 1 is 0.278 bits per heavy atom. The number of phenolic OH excluding ortho intramolecular Hbond substituents is 1. The molecule has 0 aliphatic heterocycles. The van der Waals surface area contributed by atoms with Crippen molar-refractivity contribution < 1.29 is 9.84 Å². The van der Waals surface area contributed by atoms with Gasteiger partial charge >= 0.3 is 0 Å². The minimum atomic E-state index is 0.337. The summed E-state index contributed by atoms with van der Waals surface area (Å²) in [5.41, 5.74) is 9.18. The van der Waals surface area contributed by atoms with Crippen LogP contribution in [-0.4, -0.2) is 5.11 Å². The number of benzene rings is 10. The standard InChI is InChI=1S/C16H18O.C13H14.C12H10.C10H8.C9H12O.C9H12.2C4H10/c1-13(2)15-8-10-16(11-9-15)17-12-14-6-4-3-5-7-14;1-10(2)12-8-7-11-5-3-4-6-13(11)9-12;1-3-7-11(8-4-1)12-9-5-2-6-10-12;1-2-6-10-8-4-3-7-9(10)5-1;1-7(2)8-3-5-9(10)6-4-8;1-8(2)9-6-4-3-5-7-9;2*1-4(2)3/h3-11,13H,12H2,1-2H3;3-10H,1-2H3;1-10H;1-8H;3-7,10H,1-2H3;3-8H,1-2H3;2*4H,1-3H3. The van der Waals surface area contributed by atoms with Gasteiger partial charge in [0.05, 0.1) is 0 Å². The molecule has 0 radical (unpaired) electrons. The lowest BCUT2D eigenvalue weighted by atomic mass is 9.99. The number of aromatic hydroxyl groups is 1. The van der Waals surface area contributed by atoms with E-state index in [0.717, 1.165) is 17.6 Å². The van der Waals surface area contributed by atoms with E-state index >= 15 is 0 Å². The Hall–Kier alpha value is -7.68. The molecule has 2 heteroatoms. The Morgan fingerprint density at radius 3 is 0.911 bits per heavy atom. The van der Waals surface area contributed by atoms with E-state index in [-0.39, 0.29) is 0 Å². The first-order valence-corrected chi connectivity index (χ1v) is 28.6. The van der Waals surface area contributed by atoms with E-state index in [4.69, 9.17) is 9.84 Å². The van der Waals surface area contributed by atoms with Crippen LogP contribution >= 0.6 is 0 Å². The lowest BCUT2D eigenvalue weighted by molar-refractivity contribution is 0.306. The van der Waals surface area contributed by atoms with Crippen LogP contribution in [0.5, 0.6) is 11.5 Å². The van der Waals surface area contributed by atoms with E-state index in [9.17, 15) is 0 Å². The molecule has 0 atom stereocenters. The highest BCUT2D eigenvalue weighted by Gasteiger charge is 2.02. The second-order valence-electron chi connectivity index (χ2n) is 22.1. The van der Waals surface area contributed by atoms with Crippen molar-refractivity contribution in [3.05, 3.63) is 289 Å². The van der Waals surface area contributed by atoms with Crippen molar-refractivity contribution in [2.45, 2.75) is 127 Å². The van der Waals surface area contributed by atoms with Gasteiger partial charge in [0.15, 0.2) is 0 Å². The van der Waals surface area contributed by atoms with Gasteiger partial charge in [-0.15, -0.1) is 0 Å². The minimum absolute atomic E-state index is 0.337. The van der Waals surface area contributed by atoms with E-state index in [1.165, 1.54) is 60.5 Å². The minimum Gasteiger partial charge on any atom is -0.508 e. The normalized spacial score (nSPS) is 10.2. The van der Waals surface area contributed by atoms with Crippen molar-refractivity contribution in [2.75, 3.05) is 0 Å². The monoisotopic (exact) mass is 1050 g/mol. The average Bonchev–Trinajstić information content (AvgIpc) is 3.47. The molecule has 1 N–H and O–H groups in total. The number of rotatable bonds is 8. The summed E-state index contributed by atoms with van der Waals surface area (Å²) in [4.78, 5) is 0. The van der Waals surface area contributed by atoms with Crippen LogP contribution in [0.4, 0.5) is 0 Å². The van der Waals surface area contributed by atoms with Crippen LogP contribution in [0.15, 0.2) is 261 Å². The van der Waals surface area contributed by atoms with Crippen LogP contribution in [0, 0.1) is 11.8 Å². The van der Waals surface area contributed by atoms with Crippen LogP contribution in [0.1, 0.15) is 148 Å². The Morgan fingerprint density at radius 2 is 0.557 bits per heavy atom. The maximum atomic E-state index is 8.94. The molecule has 10 aromatic rings.